The number of amides is 1. The number of carbonyl (C=O) groups excluding carboxylic acids is 1. The van der Waals surface area contributed by atoms with Crippen LogP contribution in [0.1, 0.15) is 36.7 Å². The highest BCUT2D eigenvalue weighted by molar-refractivity contribution is 7.13. The molecule has 0 aliphatic carbocycles. The van der Waals surface area contributed by atoms with Crippen LogP contribution in [0.15, 0.2) is 60.1 Å². The van der Waals surface area contributed by atoms with E-state index in [4.69, 9.17) is 4.98 Å². The molecule has 0 spiro atoms. The Morgan fingerprint density at radius 2 is 1.97 bits per heavy atom. The molecule has 0 radical (unpaired) electrons. The summed E-state index contributed by atoms with van der Waals surface area (Å²) >= 11 is 1.61. The van der Waals surface area contributed by atoms with Crippen LogP contribution in [-0.2, 0) is 0 Å². The lowest BCUT2D eigenvalue weighted by atomic mass is 10.1. The molecule has 0 saturated heterocycles. The molecule has 4 rings (SSSR count). The van der Waals surface area contributed by atoms with E-state index in [-0.39, 0.29) is 11.9 Å². The quantitative estimate of drug-likeness (QED) is 0.396. The number of rotatable bonds is 8. The van der Waals surface area contributed by atoms with Gasteiger partial charge in [-0.15, -0.1) is 11.3 Å². The second-order valence-corrected chi connectivity index (χ2v) is 8.30. The number of hydrogen-bond acceptors (Lipinski definition) is 5. The van der Waals surface area contributed by atoms with Gasteiger partial charge in [-0.2, -0.15) is 5.10 Å². The second-order valence-electron chi connectivity index (χ2n) is 7.35. The average Bonchev–Trinajstić information content (AvgIpc) is 3.43. The van der Waals surface area contributed by atoms with E-state index in [2.05, 4.69) is 29.6 Å². The largest absolute Gasteiger partial charge is 0.385 e. The van der Waals surface area contributed by atoms with Gasteiger partial charge in [0.05, 0.1) is 27.7 Å². The maximum absolute atomic E-state index is 13.0. The first-order valence-electron chi connectivity index (χ1n) is 10.1. The van der Waals surface area contributed by atoms with E-state index in [0.717, 1.165) is 40.3 Å². The molecule has 0 bridgehead atoms. The van der Waals surface area contributed by atoms with Gasteiger partial charge in [-0.3, -0.25) is 4.79 Å². The van der Waals surface area contributed by atoms with Gasteiger partial charge in [0, 0.05) is 24.8 Å². The predicted molar refractivity (Wildman–Crippen MR) is 123 cm³/mol. The third-order valence-electron chi connectivity index (χ3n) is 4.82. The summed E-state index contributed by atoms with van der Waals surface area (Å²) in [5.74, 6) is -0.0942. The van der Waals surface area contributed by atoms with Crippen molar-refractivity contribution in [3.8, 4) is 10.6 Å². The summed E-state index contributed by atoms with van der Waals surface area (Å²) in [5, 5.41) is 13.7. The fourth-order valence-corrected chi connectivity index (χ4v) is 3.99. The number of nitrogens with one attached hydrogen (secondary N) is 2. The van der Waals surface area contributed by atoms with Gasteiger partial charge in [-0.25, -0.2) is 9.67 Å². The Morgan fingerprint density at radius 1 is 1.13 bits per heavy atom. The lowest BCUT2D eigenvalue weighted by molar-refractivity contribution is 0.0955. The van der Waals surface area contributed by atoms with Gasteiger partial charge >= 0.3 is 0 Å². The minimum Gasteiger partial charge on any atom is -0.385 e. The lowest BCUT2D eigenvalue weighted by Crippen LogP contribution is -2.26. The van der Waals surface area contributed by atoms with Crippen LogP contribution in [-0.4, -0.2) is 33.8 Å². The second kappa shape index (κ2) is 9.09. The molecule has 0 saturated carbocycles. The molecule has 0 aliphatic heterocycles. The molecular formula is C23H25N5OS. The Balaban J connectivity index is 1.50. The summed E-state index contributed by atoms with van der Waals surface area (Å²) in [6, 6.07) is 16.1. The van der Waals surface area contributed by atoms with Crippen LogP contribution in [0, 0.1) is 0 Å². The molecule has 6 nitrogen and oxygen atoms in total. The number of aromatic nitrogens is 3. The highest BCUT2D eigenvalue weighted by Gasteiger charge is 2.18. The van der Waals surface area contributed by atoms with E-state index in [0.29, 0.717) is 12.1 Å². The third-order valence-corrected chi connectivity index (χ3v) is 5.71. The Morgan fingerprint density at radius 3 is 2.70 bits per heavy atom. The first kappa shape index (κ1) is 20.1. The number of pyridine rings is 1. The van der Waals surface area contributed by atoms with Crippen LogP contribution in [0.25, 0.3) is 21.6 Å². The van der Waals surface area contributed by atoms with Gasteiger partial charge < -0.3 is 10.6 Å². The van der Waals surface area contributed by atoms with Gasteiger partial charge in [0.25, 0.3) is 5.91 Å². The van der Waals surface area contributed by atoms with Crippen LogP contribution >= 0.6 is 11.3 Å². The fraction of sp³-hybridized carbons (Fsp3) is 0.261. The maximum atomic E-state index is 13.0. The minimum atomic E-state index is -0.0942. The van der Waals surface area contributed by atoms with E-state index in [1.807, 2.05) is 58.6 Å². The molecule has 3 heterocycles. The lowest BCUT2D eigenvalue weighted by Gasteiger charge is -2.11. The number of anilines is 1. The van der Waals surface area contributed by atoms with Gasteiger partial charge in [0.1, 0.15) is 0 Å². The van der Waals surface area contributed by atoms with Gasteiger partial charge in [0.15, 0.2) is 5.65 Å². The number of hydrogen-bond donors (Lipinski definition) is 2. The number of fused-ring (bicyclic) bond motifs is 1. The zero-order valence-electron chi connectivity index (χ0n) is 17.1. The summed E-state index contributed by atoms with van der Waals surface area (Å²) in [6.07, 6.45) is 2.57. The molecule has 3 aromatic heterocycles. The molecule has 0 aliphatic rings. The Labute approximate surface area is 180 Å². The van der Waals surface area contributed by atoms with E-state index in [1.54, 1.807) is 17.5 Å². The van der Waals surface area contributed by atoms with Crippen molar-refractivity contribution in [2.24, 2.45) is 0 Å². The smallest absolute Gasteiger partial charge is 0.252 e. The maximum Gasteiger partial charge on any atom is 0.252 e. The molecule has 7 heteroatoms. The highest BCUT2D eigenvalue weighted by Crippen LogP contribution is 2.28. The van der Waals surface area contributed by atoms with Crippen molar-refractivity contribution in [3.63, 3.8) is 0 Å². The number of thiophene rings is 1. The zero-order chi connectivity index (χ0) is 20.9. The molecule has 0 unspecified atom stereocenters. The van der Waals surface area contributed by atoms with Crippen molar-refractivity contribution in [2.45, 2.75) is 26.3 Å². The van der Waals surface area contributed by atoms with E-state index in [9.17, 15) is 4.79 Å². The zero-order valence-corrected chi connectivity index (χ0v) is 17.9. The minimum absolute atomic E-state index is 0.0942. The van der Waals surface area contributed by atoms with E-state index < -0.39 is 0 Å². The SMILES string of the molecule is CC(C)n1ncc2c(C(=O)NCCCNc3ccccc3)cc(-c3cccs3)nc21. The van der Waals surface area contributed by atoms with Crippen molar-refractivity contribution in [1.29, 1.82) is 0 Å². The molecule has 1 amide bonds. The number of nitrogens with zero attached hydrogens (tertiary/aromatic N) is 3. The third kappa shape index (κ3) is 4.36. The van der Waals surface area contributed by atoms with Crippen LogP contribution < -0.4 is 10.6 Å². The Kier molecular flexibility index (Phi) is 6.09. The summed E-state index contributed by atoms with van der Waals surface area (Å²) in [7, 11) is 0. The van der Waals surface area contributed by atoms with E-state index >= 15 is 0 Å². The van der Waals surface area contributed by atoms with Crippen molar-refractivity contribution in [3.05, 3.63) is 65.7 Å². The van der Waals surface area contributed by atoms with Crippen molar-refractivity contribution in [1.82, 2.24) is 20.1 Å². The summed E-state index contributed by atoms with van der Waals surface area (Å²) < 4.78 is 1.87. The van der Waals surface area contributed by atoms with Gasteiger partial charge in [-0.05, 0) is 49.9 Å². The topological polar surface area (TPSA) is 71.8 Å². The van der Waals surface area contributed by atoms with Crippen molar-refractivity contribution in [2.75, 3.05) is 18.4 Å². The number of para-hydroxylation sites is 1. The molecule has 0 fully saturated rings. The van der Waals surface area contributed by atoms with Crippen molar-refractivity contribution < 1.29 is 4.79 Å². The monoisotopic (exact) mass is 419 g/mol. The molecule has 30 heavy (non-hydrogen) atoms. The first-order chi connectivity index (χ1) is 14.6. The van der Waals surface area contributed by atoms with Crippen LogP contribution in [0.4, 0.5) is 5.69 Å². The molecule has 154 valence electrons. The summed E-state index contributed by atoms with van der Waals surface area (Å²) in [4.78, 5) is 18.8. The summed E-state index contributed by atoms with van der Waals surface area (Å²) in [5.41, 5.74) is 3.25. The normalized spacial score (nSPS) is 11.2. The highest BCUT2D eigenvalue weighted by atomic mass is 32.1. The van der Waals surface area contributed by atoms with Gasteiger partial charge in [0.2, 0.25) is 0 Å². The Hall–Kier alpha value is -3.19. The van der Waals surface area contributed by atoms with Gasteiger partial charge in [-0.1, -0.05) is 24.3 Å². The number of carbonyl (C=O) groups is 1. The molecule has 2 N–H and O–H groups in total. The van der Waals surface area contributed by atoms with Crippen LogP contribution in [0.3, 0.4) is 0 Å². The predicted octanol–water partition coefficient (Wildman–Crippen LogP) is 4.97. The van der Waals surface area contributed by atoms with Crippen LogP contribution in [0.5, 0.6) is 0 Å². The van der Waals surface area contributed by atoms with Crippen LogP contribution in [0.2, 0.25) is 0 Å². The molecule has 4 aromatic rings. The molecular weight excluding hydrogens is 394 g/mol. The molecule has 0 atom stereocenters. The van der Waals surface area contributed by atoms with Crippen molar-refractivity contribution >= 4 is 34.0 Å². The fourth-order valence-electron chi connectivity index (χ4n) is 3.31. The molecule has 1 aromatic carbocycles. The first-order valence-corrected chi connectivity index (χ1v) is 11.0. The Bertz CT molecular complexity index is 1120. The average molecular weight is 420 g/mol. The van der Waals surface area contributed by atoms with E-state index in [1.165, 1.54) is 0 Å². The standard InChI is InChI=1S/C23H25N5OS/c1-16(2)28-22-19(15-26-28)18(14-20(27-22)21-10-6-13-30-21)23(29)25-12-7-11-24-17-8-4-3-5-9-17/h3-6,8-10,13-16,24H,7,11-12H2,1-2H3,(H,25,29). The number of benzene rings is 1. The summed E-state index contributed by atoms with van der Waals surface area (Å²) in [6.45, 7) is 5.51.